The first-order valence-electron chi connectivity index (χ1n) is 6.64. The Kier molecular flexibility index (Phi) is 11.9. The minimum Gasteiger partial charge on any atom is -0.392 e. The van der Waals surface area contributed by atoms with Crippen molar-refractivity contribution in [3.05, 3.63) is 0 Å². The van der Waals surface area contributed by atoms with Crippen molar-refractivity contribution in [3.63, 3.8) is 0 Å². The molecule has 1 atom stereocenters. The first-order valence-corrected chi connectivity index (χ1v) is 6.64. The Morgan fingerprint density at radius 2 is 1.47 bits per heavy atom. The summed E-state index contributed by atoms with van der Waals surface area (Å²) in [5.74, 6) is 0. The summed E-state index contributed by atoms with van der Waals surface area (Å²) < 4.78 is 0. The maximum absolute atomic E-state index is 9.46. The summed E-state index contributed by atoms with van der Waals surface area (Å²) in [6, 6.07) is 0. The Hall–Kier alpha value is -0.0800. The second-order valence-corrected chi connectivity index (χ2v) is 4.48. The van der Waals surface area contributed by atoms with Gasteiger partial charge in [0.2, 0.25) is 0 Å². The van der Waals surface area contributed by atoms with Crippen LogP contribution >= 0.6 is 0 Å². The highest BCUT2D eigenvalue weighted by atomic mass is 16.3. The van der Waals surface area contributed by atoms with Crippen LogP contribution in [0.25, 0.3) is 0 Å². The lowest BCUT2D eigenvalue weighted by atomic mass is 10.1. The van der Waals surface area contributed by atoms with Gasteiger partial charge >= 0.3 is 0 Å². The number of aliphatic hydroxyl groups excluding tert-OH is 1. The first-order chi connectivity index (χ1) is 7.31. The van der Waals surface area contributed by atoms with Crippen LogP contribution < -0.4 is 5.32 Å². The summed E-state index contributed by atoms with van der Waals surface area (Å²) >= 11 is 0. The quantitative estimate of drug-likeness (QED) is 0.519. The third kappa shape index (κ3) is 11.8. The highest BCUT2D eigenvalue weighted by molar-refractivity contribution is 4.57. The third-order valence-corrected chi connectivity index (χ3v) is 2.83. The van der Waals surface area contributed by atoms with Crippen LogP contribution in [0.15, 0.2) is 0 Å². The Labute approximate surface area is 95.5 Å². The van der Waals surface area contributed by atoms with Gasteiger partial charge < -0.3 is 10.4 Å². The molecule has 2 nitrogen and oxygen atoms in total. The van der Waals surface area contributed by atoms with Crippen LogP contribution in [0.4, 0.5) is 0 Å². The van der Waals surface area contributed by atoms with Crippen LogP contribution in [-0.2, 0) is 0 Å². The molecule has 0 spiro atoms. The molecule has 0 fully saturated rings. The fourth-order valence-electron chi connectivity index (χ4n) is 1.85. The second-order valence-electron chi connectivity index (χ2n) is 4.48. The Bertz CT molecular complexity index is 117. The lowest BCUT2D eigenvalue weighted by Gasteiger charge is -2.08. The van der Waals surface area contributed by atoms with Gasteiger partial charge in [-0.3, -0.25) is 0 Å². The van der Waals surface area contributed by atoms with Gasteiger partial charge in [-0.2, -0.15) is 0 Å². The Morgan fingerprint density at radius 3 is 2.00 bits per heavy atom. The van der Waals surface area contributed by atoms with Crippen molar-refractivity contribution in [3.8, 4) is 0 Å². The molecule has 0 bridgehead atoms. The number of rotatable bonds is 11. The molecule has 0 amide bonds. The first kappa shape index (κ1) is 14.9. The fourth-order valence-corrected chi connectivity index (χ4v) is 1.85. The third-order valence-electron chi connectivity index (χ3n) is 2.83. The van der Waals surface area contributed by atoms with Crippen molar-refractivity contribution in [2.75, 3.05) is 13.6 Å². The van der Waals surface area contributed by atoms with Gasteiger partial charge in [-0.25, -0.2) is 0 Å². The predicted molar refractivity (Wildman–Crippen MR) is 67.2 cm³/mol. The lowest BCUT2D eigenvalue weighted by Crippen LogP contribution is -2.23. The molecule has 2 N–H and O–H groups in total. The van der Waals surface area contributed by atoms with Crippen LogP contribution in [0.2, 0.25) is 0 Å². The zero-order valence-electron chi connectivity index (χ0n) is 10.6. The molecule has 1 unspecified atom stereocenters. The van der Waals surface area contributed by atoms with Gasteiger partial charge in [-0.05, 0) is 13.5 Å². The minimum atomic E-state index is -0.143. The Morgan fingerprint density at radius 1 is 0.933 bits per heavy atom. The van der Waals surface area contributed by atoms with Gasteiger partial charge in [0.1, 0.15) is 0 Å². The maximum Gasteiger partial charge on any atom is 0.0664 e. The average Bonchev–Trinajstić information content (AvgIpc) is 2.22. The molecule has 15 heavy (non-hydrogen) atoms. The maximum atomic E-state index is 9.46. The molecule has 0 rings (SSSR count). The molecule has 0 radical (unpaired) electrons. The molecule has 0 heterocycles. The van der Waals surface area contributed by atoms with Crippen molar-refractivity contribution in [2.24, 2.45) is 0 Å². The van der Waals surface area contributed by atoms with E-state index in [1.54, 1.807) is 0 Å². The molecule has 0 aromatic carbocycles. The van der Waals surface area contributed by atoms with Crippen LogP contribution in [-0.4, -0.2) is 24.8 Å². The topological polar surface area (TPSA) is 32.3 Å². The van der Waals surface area contributed by atoms with Crippen molar-refractivity contribution in [1.82, 2.24) is 5.32 Å². The van der Waals surface area contributed by atoms with E-state index in [-0.39, 0.29) is 6.10 Å². The normalized spacial score (nSPS) is 13.0. The number of hydrogen-bond donors (Lipinski definition) is 2. The van der Waals surface area contributed by atoms with Crippen LogP contribution in [0.3, 0.4) is 0 Å². The average molecular weight is 215 g/mol. The number of aliphatic hydroxyl groups is 1. The van der Waals surface area contributed by atoms with E-state index in [0.29, 0.717) is 0 Å². The zero-order chi connectivity index (χ0) is 11.4. The summed E-state index contributed by atoms with van der Waals surface area (Å²) in [6.07, 6.45) is 11.5. The van der Waals surface area contributed by atoms with E-state index in [0.717, 1.165) is 13.0 Å². The fraction of sp³-hybridized carbons (Fsp3) is 1.00. The van der Waals surface area contributed by atoms with Gasteiger partial charge in [-0.1, -0.05) is 58.3 Å². The van der Waals surface area contributed by atoms with Gasteiger partial charge in [0.25, 0.3) is 0 Å². The minimum absolute atomic E-state index is 0.143. The van der Waals surface area contributed by atoms with Crippen LogP contribution in [0.5, 0.6) is 0 Å². The molecule has 0 aromatic rings. The monoisotopic (exact) mass is 215 g/mol. The molecular formula is C13H29NO. The number of nitrogens with one attached hydrogen (secondary N) is 1. The predicted octanol–water partition coefficient (Wildman–Crippen LogP) is 3.10. The molecule has 0 saturated carbocycles. The van der Waals surface area contributed by atoms with Crippen molar-refractivity contribution in [1.29, 1.82) is 0 Å². The molecule has 92 valence electrons. The van der Waals surface area contributed by atoms with Crippen molar-refractivity contribution >= 4 is 0 Å². The number of likely N-dealkylation sites (N-methyl/N-ethyl adjacent to an activating group) is 1. The number of hydrogen-bond acceptors (Lipinski definition) is 2. The standard InChI is InChI=1S/C13H29NO/c1-3-4-5-6-7-8-9-10-11-13(15)12-14-2/h13-15H,3-12H2,1-2H3. The highest BCUT2D eigenvalue weighted by Crippen LogP contribution is 2.10. The number of unbranched alkanes of at least 4 members (excludes halogenated alkanes) is 7. The van der Waals surface area contributed by atoms with Gasteiger partial charge in [0.15, 0.2) is 0 Å². The Balaban J connectivity index is 2.98. The molecule has 0 aliphatic heterocycles. The lowest BCUT2D eigenvalue weighted by molar-refractivity contribution is 0.160. The van der Waals surface area contributed by atoms with E-state index in [4.69, 9.17) is 0 Å². The summed E-state index contributed by atoms with van der Waals surface area (Å²) in [7, 11) is 1.89. The van der Waals surface area contributed by atoms with Crippen LogP contribution in [0.1, 0.15) is 64.7 Å². The molecule has 2 heteroatoms. The SMILES string of the molecule is CCCCCCCCCCC(O)CNC. The largest absolute Gasteiger partial charge is 0.392 e. The molecule has 0 saturated heterocycles. The van der Waals surface area contributed by atoms with Gasteiger partial charge in [0, 0.05) is 6.54 Å². The van der Waals surface area contributed by atoms with Crippen LogP contribution in [0, 0.1) is 0 Å². The van der Waals surface area contributed by atoms with E-state index < -0.39 is 0 Å². The van der Waals surface area contributed by atoms with Gasteiger partial charge in [-0.15, -0.1) is 0 Å². The van der Waals surface area contributed by atoms with Crippen molar-refractivity contribution < 1.29 is 5.11 Å². The van der Waals surface area contributed by atoms with Gasteiger partial charge in [0.05, 0.1) is 6.10 Å². The summed E-state index contributed by atoms with van der Waals surface area (Å²) in [6.45, 7) is 2.99. The summed E-state index contributed by atoms with van der Waals surface area (Å²) in [5.41, 5.74) is 0. The van der Waals surface area contributed by atoms with E-state index in [2.05, 4.69) is 12.2 Å². The zero-order valence-corrected chi connectivity index (χ0v) is 10.6. The second kappa shape index (κ2) is 12.0. The summed E-state index contributed by atoms with van der Waals surface area (Å²) in [5, 5.41) is 12.5. The van der Waals surface area contributed by atoms with Crippen molar-refractivity contribution in [2.45, 2.75) is 70.8 Å². The molecule has 0 aliphatic carbocycles. The molecule has 0 aliphatic rings. The molecule has 0 aromatic heterocycles. The smallest absolute Gasteiger partial charge is 0.0664 e. The summed E-state index contributed by atoms with van der Waals surface area (Å²) in [4.78, 5) is 0. The highest BCUT2D eigenvalue weighted by Gasteiger charge is 2.01. The van der Waals surface area contributed by atoms with E-state index in [1.807, 2.05) is 7.05 Å². The van der Waals surface area contributed by atoms with E-state index in [9.17, 15) is 5.11 Å². The van der Waals surface area contributed by atoms with E-state index in [1.165, 1.54) is 51.4 Å². The van der Waals surface area contributed by atoms with E-state index >= 15 is 0 Å². The molecular weight excluding hydrogens is 186 g/mol.